The molecule has 25 heavy (non-hydrogen) atoms. The van der Waals surface area contributed by atoms with Crippen LogP contribution in [0.25, 0.3) is 0 Å². The Balaban J connectivity index is 1.49. The van der Waals surface area contributed by atoms with E-state index in [2.05, 4.69) is 20.9 Å². The fourth-order valence-corrected chi connectivity index (χ4v) is 2.86. The molecule has 1 amide bonds. The van der Waals surface area contributed by atoms with E-state index in [9.17, 15) is 4.79 Å². The van der Waals surface area contributed by atoms with E-state index in [0.717, 1.165) is 10.9 Å². The van der Waals surface area contributed by atoms with Crippen molar-refractivity contribution in [1.29, 1.82) is 0 Å². The molecule has 2 aromatic rings. The van der Waals surface area contributed by atoms with Crippen LogP contribution >= 0.6 is 15.9 Å². The van der Waals surface area contributed by atoms with Gasteiger partial charge in [-0.25, -0.2) is 4.98 Å². The number of likely N-dealkylation sites (tertiary alicyclic amines) is 1. The summed E-state index contributed by atoms with van der Waals surface area (Å²) in [6.45, 7) is 1.16. The van der Waals surface area contributed by atoms with E-state index in [1.54, 1.807) is 36.4 Å². The van der Waals surface area contributed by atoms with Crippen molar-refractivity contribution in [1.82, 2.24) is 9.88 Å². The molecule has 0 aliphatic carbocycles. The van der Waals surface area contributed by atoms with Crippen LogP contribution in [-0.2, 0) is 4.79 Å². The van der Waals surface area contributed by atoms with Gasteiger partial charge >= 0.3 is 0 Å². The highest BCUT2D eigenvalue weighted by Gasteiger charge is 2.28. The van der Waals surface area contributed by atoms with Crippen molar-refractivity contribution >= 4 is 21.8 Å². The zero-order valence-electron chi connectivity index (χ0n) is 13.9. The van der Waals surface area contributed by atoms with Gasteiger partial charge in [0.05, 0.1) is 13.7 Å². The SMILES string of the molecule is COc1ccccc1OCC(=O)N1CCC(Oc2ccc(Br)cn2)C1. The predicted octanol–water partition coefficient (Wildman–Crippen LogP) is 2.91. The number of hydrogen-bond acceptors (Lipinski definition) is 5. The van der Waals surface area contributed by atoms with Crippen LogP contribution in [0.4, 0.5) is 0 Å². The zero-order valence-corrected chi connectivity index (χ0v) is 15.4. The van der Waals surface area contributed by atoms with Gasteiger partial charge in [-0.1, -0.05) is 12.1 Å². The van der Waals surface area contributed by atoms with Crippen LogP contribution in [0.2, 0.25) is 0 Å². The third kappa shape index (κ3) is 4.63. The lowest BCUT2D eigenvalue weighted by atomic mass is 10.3. The monoisotopic (exact) mass is 406 g/mol. The number of aromatic nitrogens is 1. The Morgan fingerprint density at radius 3 is 2.80 bits per heavy atom. The second kappa shape index (κ2) is 8.20. The minimum Gasteiger partial charge on any atom is -0.493 e. The summed E-state index contributed by atoms with van der Waals surface area (Å²) in [5.74, 6) is 1.66. The summed E-state index contributed by atoms with van der Waals surface area (Å²) in [5.41, 5.74) is 0. The molecule has 1 atom stereocenters. The Bertz CT molecular complexity index is 723. The Labute approximate surface area is 154 Å². The number of methoxy groups -OCH3 is 1. The highest BCUT2D eigenvalue weighted by Crippen LogP contribution is 2.26. The highest BCUT2D eigenvalue weighted by molar-refractivity contribution is 9.10. The van der Waals surface area contributed by atoms with E-state index in [1.165, 1.54) is 0 Å². The standard InChI is InChI=1S/C18H19BrN2O4/c1-23-15-4-2-3-5-16(15)24-12-18(22)21-9-8-14(11-21)25-17-7-6-13(19)10-20-17/h2-7,10,14H,8-9,11-12H2,1H3. The van der Waals surface area contributed by atoms with Crippen LogP contribution in [0.3, 0.4) is 0 Å². The number of rotatable bonds is 6. The second-order valence-corrected chi connectivity index (χ2v) is 6.54. The van der Waals surface area contributed by atoms with Gasteiger partial charge in [0.1, 0.15) is 6.10 Å². The number of pyridine rings is 1. The molecule has 1 aromatic heterocycles. The van der Waals surface area contributed by atoms with E-state index in [4.69, 9.17) is 14.2 Å². The number of carbonyl (C=O) groups excluding carboxylic acids is 1. The summed E-state index contributed by atoms with van der Waals surface area (Å²) in [4.78, 5) is 18.3. The lowest BCUT2D eigenvalue weighted by Gasteiger charge is -2.18. The normalized spacial score (nSPS) is 16.6. The summed E-state index contributed by atoms with van der Waals surface area (Å²) in [6, 6.07) is 11.0. The third-order valence-electron chi connectivity index (χ3n) is 3.91. The van der Waals surface area contributed by atoms with Gasteiger partial charge in [0, 0.05) is 29.7 Å². The molecule has 0 spiro atoms. The first-order chi connectivity index (χ1) is 12.2. The van der Waals surface area contributed by atoms with Gasteiger partial charge in [-0.3, -0.25) is 4.79 Å². The first kappa shape index (κ1) is 17.5. The van der Waals surface area contributed by atoms with Crippen LogP contribution in [0.1, 0.15) is 6.42 Å². The number of carbonyl (C=O) groups is 1. The maximum absolute atomic E-state index is 12.3. The molecule has 1 saturated heterocycles. The van der Waals surface area contributed by atoms with Crippen molar-refractivity contribution in [3.63, 3.8) is 0 Å². The minimum atomic E-state index is -0.0687. The molecule has 132 valence electrons. The number of ether oxygens (including phenoxy) is 3. The molecular weight excluding hydrogens is 388 g/mol. The second-order valence-electron chi connectivity index (χ2n) is 5.62. The molecule has 1 fully saturated rings. The van der Waals surface area contributed by atoms with Crippen molar-refractivity contribution in [2.75, 3.05) is 26.8 Å². The van der Waals surface area contributed by atoms with Crippen LogP contribution < -0.4 is 14.2 Å². The van der Waals surface area contributed by atoms with Crippen molar-refractivity contribution in [2.24, 2.45) is 0 Å². The summed E-state index contributed by atoms with van der Waals surface area (Å²) < 4.78 is 17.5. The van der Waals surface area contributed by atoms with Crippen LogP contribution in [0.5, 0.6) is 17.4 Å². The first-order valence-corrected chi connectivity index (χ1v) is 8.77. The van der Waals surface area contributed by atoms with Gasteiger partial charge in [-0.15, -0.1) is 0 Å². The van der Waals surface area contributed by atoms with E-state index in [0.29, 0.717) is 30.5 Å². The van der Waals surface area contributed by atoms with Gasteiger partial charge in [0.25, 0.3) is 5.91 Å². The Morgan fingerprint density at radius 2 is 2.08 bits per heavy atom. The number of para-hydroxylation sites is 2. The molecule has 2 heterocycles. The van der Waals surface area contributed by atoms with Gasteiger partial charge in [-0.05, 0) is 34.1 Å². The minimum absolute atomic E-state index is 0.0242. The lowest BCUT2D eigenvalue weighted by molar-refractivity contribution is -0.132. The van der Waals surface area contributed by atoms with Gasteiger partial charge < -0.3 is 19.1 Å². The summed E-state index contributed by atoms with van der Waals surface area (Å²) in [5, 5.41) is 0. The van der Waals surface area contributed by atoms with Gasteiger partial charge in [0.2, 0.25) is 5.88 Å². The predicted molar refractivity (Wildman–Crippen MR) is 96.0 cm³/mol. The molecule has 0 N–H and O–H groups in total. The first-order valence-electron chi connectivity index (χ1n) is 7.97. The Hall–Kier alpha value is -2.28. The van der Waals surface area contributed by atoms with Crippen LogP contribution in [-0.4, -0.2) is 48.7 Å². The summed E-state index contributed by atoms with van der Waals surface area (Å²) >= 11 is 3.34. The smallest absolute Gasteiger partial charge is 0.260 e. The molecule has 1 aromatic carbocycles. The van der Waals surface area contributed by atoms with Gasteiger partial charge in [0.15, 0.2) is 18.1 Å². The average molecular weight is 407 g/mol. The van der Waals surface area contributed by atoms with E-state index < -0.39 is 0 Å². The molecule has 0 saturated carbocycles. The molecule has 3 rings (SSSR count). The van der Waals surface area contributed by atoms with E-state index >= 15 is 0 Å². The quantitative estimate of drug-likeness (QED) is 0.737. The number of nitrogens with zero attached hydrogens (tertiary/aromatic N) is 2. The van der Waals surface area contributed by atoms with E-state index in [-0.39, 0.29) is 18.6 Å². The third-order valence-corrected chi connectivity index (χ3v) is 4.37. The number of halogens is 1. The number of hydrogen-bond donors (Lipinski definition) is 0. The summed E-state index contributed by atoms with van der Waals surface area (Å²) in [7, 11) is 1.57. The van der Waals surface area contributed by atoms with Crippen molar-refractivity contribution < 1.29 is 19.0 Å². The molecule has 0 bridgehead atoms. The maximum Gasteiger partial charge on any atom is 0.260 e. The highest BCUT2D eigenvalue weighted by atomic mass is 79.9. The average Bonchev–Trinajstić information content (AvgIpc) is 3.10. The van der Waals surface area contributed by atoms with Gasteiger partial charge in [-0.2, -0.15) is 0 Å². The molecule has 0 radical (unpaired) electrons. The lowest BCUT2D eigenvalue weighted by Crippen LogP contribution is -2.34. The Kier molecular flexibility index (Phi) is 5.75. The number of benzene rings is 1. The fraction of sp³-hybridized carbons (Fsp3) is 0.333. The maximum atomic E-state index is 12.3. The molecule has 1 aliphatic heterocycles. The van der Waals surface area contributed by atoms with Crippen LogP contribution in [0.15, 0.2) is 47.1 Å². The van der Waals surface area contributed by atoms with Crippen molar-refractivity contribution in [3.05, 3.63) is 47.1 Å². The molecule has 1 aliphatic rings. The Morgan fingerprint density at radius 1 is 1.28 bits per heavy atom. The fourth-order valence-electron chi connectivity index (χ4n) is 2.62. The molecule has 1 unspecified atom stereocenters. The van der Waals surface area contributed by atoms with Crippen molar-refractivity contribution in [3.8, 4) is 17.4 Å². The van der Waals surface area contributed by atoms with Crippen molar-refractivity contribution in [2.45, 2.75) is 12.5 Å². The summed E-state index contributed by atoms with van der Waals surface area (Å²) in [6.07, 6.45) is 2.41. The zero-order chi connectivity index (χ0) is 17.6. The molecular formula is C18H19BrN2O4. The topological polar surface area (TPSA) is 60.9 Å². The van der Waals surface area contributed by atoms with Crippen LogP contribution in [0, 0.1) is 0 Å². The molecule has 7 heteroatoms. The largest absolute Gasteiger partial charge is 0.493 e. The van der Waals surface area contributed by atoms with E-state index in [1.807, 2.05) is 18.2 Å². The molecule has 6 nitrogen and oxygen atoms in total. The number of amides is 1.